The van der Waals surface area contributed by atoms with E-state index in [9.17, 15) is 9.18 Å². The highest BCUT2D eigenvalue weighted by molar-refractivity contribution is 9.10. The van der Waals surface area contributed by atoms with Gasteiger partial charge in [-0.15, -0.1) is 6.58 Å². The molecule has 0 spiro atoms. The number of anilines is 1. The maximum absolute atomic E-state index is 12.8. The first-order valence-electron chi connectivity index (χ1n) is 4.24. The summed E-state index contributed by atoms with van der Waals surface area (Å²) in [6.45, 7) is 3.82. The minimum atomic E-state index is -0.405. The Morgan fingerprint density at radius 3 is 3.00 bits per heavy atom. The zero-order valence-electron chi connectivity index (χ0n) is 7.89. The molecule has 0 unspecified atom stereocenters. The van der Waals surface area contributed by atoms with Gasteiger partial charge in [0.25, 0.3) is 0 Å². The highest BCUT2D eigenvalue weighted by Gasteiger charge is 2.05. The van der Waals surface area contributed by atoms with Crippen LogP contribution in [0.1, 0.15) is 0 Å². The van der Waals surface area contributed by atoms with Crippen LogP contribution in [0.2, 0.25) is 0 Å². The normalized spacial score (nSPS) is 9.47. The molecule has 0 aliphatic heterocycles. The van der Waals surface area contributed by atoms with Crippen molar-refractivity contribution in [3.05, 3.63) is 41.1 Å². The first-order chi connectivity index (χ1) is 7.13. The Hall–Kier alpha value is -1.36. The van der Waals surface area contributed by atoms with Gasteiger partial charge >= 0.3 is 6.03 Å². The number of carbonyl (C=O) groups is 1. The number of benzene rings is 1. The van der Waals surface area contributed by atoms with Crippen LogP contribution >= 0.6 is 15.9 Å². The Labute approximate surface area is 95.5 Å². The minimum absolute atomic E-state index is 0.360. The van der Waals surface area contributed by atoms with Crippen molar-refractivity contribution in [2.24, 2.45) is 0 Å². The van der Waals surface area contributed by atoms with Gasteiger partial charge in [0.05, 0.1) is 5.69 Å². The van der Waals surface area contributed by atoms with E-state index in [2.05, 4.69) is 33.1 Å². The molecule has 0 aliphatic rings. The molecule has 0 saturated carbocycles. The summed E-state index contributed by atoms with van der Waals surface area (Å²) in [6.07, 6.45) is 1.56. The van der Waals surface area contributed by atoms with Gasteiger partial charge < -0.3 is 10.6 Å². The van der Waals surface area contributed by atoms with Crippen molar-refractivity contribution in [3.8, 4) is 0 Å². The van der Waals surface area contributed by atoms with Crippen molar-refractivity contribution in [1.29, 1.82) is 0 Å². The third kappa shape index (κ3) is 3.71. The lowest BCUT2D eigenvalue weighted by Gasteiger charge is -2.07. The second-order valence-electron chi connectivity index (χ2n) is 2.75. The highest BCUT2D eigenvalue weighted by Crippen LogP contribution is 2.22. The largest absolute Gasteiger partial charge is 0.334 e. The number of urea groups is 1. The summed E-state index contributed by atoms with van der Waals surface area (Å²) in [4.78, 5) is 11.2. The van der Waals surface area contributed by atoms with E-state index in [0.29, 0.717) is 16.7 Å². The number of rotatable bonds is 3. The second-order valence-corrected chi connectivity index (χ2v) is 3.60. The number of hydrogen-bond acceptors (Lipinski definition) is 1. The first kappa shape index (κ1) is 11.7. The zero-order valence-corrected chi connectivity index (χ0v) is 9.47. The van der Waals surface area contributed by atoms with Gasteiger partial charge in [-0.05, 0) is 34.1 Å². The molecule has 0 bridgehead atoms. The maximum atomic E-state index is 12.8. The molecule has 1 rings (SSSR count). The molecule has 1 aromatic carbocycles. The standard InChI is InChI=1S/C10H10BrFN2O/c1-2-5-13-10(15)14-9-6-7(12)3-4-8(9)11/h2-4,6H,1,5H2,(H2,13,14,15). The molecule has 2 N–H and O–H groups in total. The van der Waals surface area contributed by atoms with Crippen molar-refractivity contribution >= 4 is 27.6 Å². The van der Waals surface area contributed by atoms with E-state index in [4.69, 9.17) is 0 Å². The average molecular weight is 273 g/mol. The Morgan fingerprint density at radius 1 is 1.60 bits per heavy atom. The maximum Gasteiger partial charge on any atom is 0.319 e. The lowest BCUT2D eigenvalue weighted by atomic mass is 10.3. The molecule has 2 amide bonds. The third-order valence-corrected chi connectivity index (χ3v) is 2.28. The number of amides is 2. The van der Waals surface area contributed by atoms with Crippen LogP contribution in [0.25, 0.3) is 0 Å². The molecule has 1 aromatic rings. The average Bonchev–Trinajstić information content (AvgIpc) is 2.20. The fraction of sp³-hybridized carbons (Fsp3) is 0.100. The van der Waals surface area contributed by atoms with Crippen LogP contribution in [0.3, 0.4) is 0 Å². The summed E-state index contributed by atoms with van der Waals surface area (Å²) in [5.74, 6) is -0.405. The van der Waals surface area contributed by atoms with Gasteiger partial charge in [0.2, 0.25) is 0 Å². The Balaban J connectivity index is 2.67. The molecule has 0 atom stereocenters. The van der Waals surface area contributed by atoms with E-state index in [0.717, 1.165) is 0 Å². The summed E-state index contributed by atoms with van der Waals surface area (Å²) in [7, 11) is 0. The van der Waals surface area contributed by atoms with E-state index >= 15 is 0 Å². The van der Waals surface area contributed by atoms with Crippen LogP contribution in [0.4, 0.5) is 14.9 Å². The zero-order chi connectivity index (χ0) is 11.3. The lowest BCUT2D eigenvalue weighted by molar-refractivity contribution is 0.253. The van der Waals surface area contributed by atoms with Crippen LogP contribution in [0.15, 0.2) is 35.3 Å². The van der Waals surface area contributed by atoms with E-state index in [1.807, 2.05) is 0 Å². The Morgan fingerprint density at radius 2 is 2.33 bits per heavy atom. The fourth-order valence-corrected chi connectivity index (χ4v) is 1.27. The van der Waals surface area contributed by atoms with Gasteiger partial charge in [-0.25, -0.2) is 9.18 Å². The summed E-state index contributed by atoms with van der Waals surface area (Å²) in [6, 6.07) is 3.66. The van der Waals surface area contributed by atoms with E-state index in [-0.39, 0.29) is 0 Å². The van der Waals surface area contributed by atoms with Crippen molar-refractivity contribution in [2.45, 2.75) is 0 Å². The molecule has 0 aromatic heterocycles. The molecule has 15 heavy (non-hydrogen) atoms. The summed E-state index contributed by atoms with van der Waals surface area (Å²) in [5.41, 5.74) is 0.386. The second kappa shape index (κ2) is 5.50. The van der Waals surface area contributed by atoms with Gasteiger partial charge in [0.1, 0.15) is 5.82 Å². The van der Waals surface area contributed by atoms with Gasteiger partial charge in [0, 0.05) is 11.0 Å². The summed E-state index contributed by atoms with van der Waals surface area (Å²) in [5, 5.41) is 5.02. The number of halogens is 2. The molecule has 0 radical (unpaired) electrons. The van der Waals surface area contributed by atoms with Crippen molar-refractivity contribution < 1.29 is 9.18 Å². The topological polar surface area (TPSA) is 41.1 Å². The van der Waals surface area contributed by atoms with Crippen LogP contribution in [-0.2, 0) is 0 Å². The molecule has 0 saturated heterocycles. The smallest absolute Gasteiger partial charge is 0.319 e. The minimum Gasteiger partial charge on any atom is -0.334 e. The van der Waals surface area contributed by atoms with Gasteiger partial charge in [0.15, 0.2) is 0 Å². The van der Waals surface area contributed by atoms with Crippen LogP contribution in [0, 0.1) is 5.82 Å². The predicted molar refractivity (Wildman–Crippen MR) is 61.3 cm³/mol. The highest BCUT2D eigenvalue weighted by atomic mass is 79.9. The SMILES string of the molecule is C=CCNC(=O)Nc1cc(F)ccc1Br. The Bertz CT molecular complexity index is 382. The van der Waals surface area contributed by atoms with Crippen LogP contribution < -0.4 is 10.6 Å². The van der Waals surface area contributed by atoms with Crippen molar-refractivity contribution in [2.75, 3.05) is 11.9 Å². The van der Waals surface area contributed by atoms with E-state index in [1.54, 1.807) is 6.08 Å². The number of nitrogens with one attached hydrogen (secondary N) is 2. The van der Waals surface area contributed by atoms with Crippen molar-refractivity contribution in [1.82, 2.24) is 5.32 Å². The number of hydrogen-bond donors (Lipinski definition) is 2. The first-order valence-corrected chi connectivity index (χ1v) is 5.03. The molecule has 3 nitrogen and oxygen atoms in total. The van der Waals surface area contributed by atoms with Gasteiger partial charge in [-0.3, -0.25) is 0 Å². The monoisotopic (exact) mass is 272 g/mol. The molecule has 80 valence electrons. The summed E-state index contributed by atoms with van der Waals surface area (Å²) < 4.78 is 13.5. The fourth-order valence-electron chi connectivity index (χ4n) is 0.925. The number of carbonyl (C=O) groups excluding carboxylic acids is 1. The third-order valence-electron chi connectivity index (χ3n) is 1.58. The van der Waals surface area contributed by atoms with Crippen LogP contribution in [-0.4, -0.2) is 12.6 Å². The van der Waals surface area contributed by atoms with E-state index < -0.39 is 11.8 Å². The molecular weight excluding hydrogens is 263 g/mol. The predicted octanol–water partition coefficient (Wildman–Crippen LogP) is 2.90. The molecule has 0 heterocycles. The van der Waals surface area contributed by atoms with E-state index in [1.165, 1.54) is 18.2 Å². The van der Waals surface area contributed by atoms with Crippen molar-refractivity contribution in [3.63, 3.8) is 0 Å². The Kier molecular flexibility index (Phi) is 4.30. The molecule has 0 aliphatic carbocycles. The molecular formula is C10H10BrFN2O. The molecule has 0 fully saturated rings. The quantitative estimate of drug-likeness (QED) is 0.817. The summed E-state index contributed by atoms with van der Waals surface area (Å²) >= 11 is 3.20. The van der Waals surface area contributed by atoms with Gasteiger partial charge in [-0.2, -0.15) is 0 Å². The lowest BCUT2D eigenvalue weighted by Crippen LogP contribution is -2.28. The molecule has 5 heteroatoms. The van der Waals surface area contributed by atoms with Crippen LogP contribution in [0.5, 0.6) is 0 Å². The van der Waals surface area contributed by atoms with Gasteiger partial charge in [-0.1, -0.05) is 6.08 Å².